The number of carbonyl (C=O) groups is 2. The minimum absolute atomic E-state index is 0.0583. The molecule has 4 aliphatic carbocycles. The van der Waals surface area contributed by atoms with E-state index in [1.807, 2.05) is 0 Å². The Bertz CT molecular complexity index is 771. The molecule has 0 aromatic heterocycles. The maximum atomic E-state index is 13.4. The highest BCUT2D eigenvalue weighted by molar-refractivity contribution is 6.34. The molecular formula is C21H26ClNO3. The number of methoxy groups -OCH3 is 1. The molecule has 0 saturated heterocycles. The topological polar surface area (TPSA) is 55.4 Å². The normalized spacial score (nSPS) is 37.5. The molecule has 4 nitrogen and oxygen atoms in total. The van der Waals surface area contributed by atoms with E-state index < -0.39 is 5.97 Å². The van der Waals surface area contributed by atoms with E-state index in [1.165, 1.54) is 26.4 Å². The Morgan fingerprint density at radius 3 is 2.35 bits per heavy atom. The third-order valence-electron chi connectivity index (χ3n) is 6.74. The Morgan fingerprint density at radius 1 is 1.12 bits per heavy atom. The van der Waals surface area contributed by atoms with Gasteiger partial charge in [0.25, 0.3) is 0 Å². The van der Waals surface area contributed by atoms with Crippen molar-refractivity contribution in [2.75, 3.05) is 12.4 Å². The molecule has 1 aromatic rings. The van der Waals surface area contributed by atoms with Crippen molar-refractivity contribution < 1.29 is 14.3 Å². The molecule has 1 aromatic carbocycles. The van der Waals surface area contributed by atoms with Crippen LogP contribution in [0.1, 0.15) is 62.7 Å². The first kappa shape index (κ1) is 17.8. The summed E-state index contributed by atoms with van der Waals surface area (Å²) < 4.78 is 4.77. The highest BCUT2D eigenvalue weighted by Gasteiger charge is 2.62. The van der Waals surface area contributed by atoms with Crippen LogP contribution >= 0.6 is 11.6 Å². The van der Waals surface area contributed by atoms with Gasteiger partial charge in [-0.15, -0.1) is 0 Å². The summed E-state index contributed by atoms with van der Waals surface area (Å²) in [6.45, 7) is 4.70. The van der Waals surface area contributed by atoms with Gasteiger partial charge in [0.15, 0.2) is 0 Å². The molecule has 1 amide bonds. The van der Waals surface area contributed by atoms with E-state index in [2.05, 4.69) is 19.2 Å². The molecule has 4 aliphatic rings. The first-order valence-electron chi connectivity index (χ1n) is 9.35. The molecule has 4 bridgehead atoms. The van der Waals surface area contributed by atoms with Gasteiger partial charge in [0, 0.05) is 0 Å². The zero-order valence-electron chi connectivity index (χ0n) is 15.7. The van der Waals surface area contributed by atoms with Gasteiger partial charge in [-0.25, -0.2) is 4.79 Å². The number of anilines is 1. The molecule has 0 radical (unpaired) electrons. The number of benzene rings is 1. The summed E-state index contributed by atoms with van der Waals surface area (Å²) in [4.78, 5) is 25.2. The smallest absolute Gasteiger partial charge is 0.337 e. The molecule has 5 rings (SSSR count). The van der Waals surface area contributed by atoms with E-state index in [1.54, 1.807) is 18.2 Å². The maximum absolute atomic E-state index is 13.4. The molecule has 140 valence electrons. The molecule has 1 N–H and O–H groups in total. The third kappa shape index (κ3) is 2.83. The molecule has 5 heteroatoms. The molecule has 4 fully saturated rings. The van der Waals surface area contributed by atoms with E-state index in [9.17, 15) is 9.59 Å². The number of halogens is 1. The van der Waals surface area contributed by atoms with Gasteiger partial charge >= 0.3 is 5.97 Å². The van der Waals surface area contributed by atoms with Gasteiger partial charge in [0.1, 0.15) is 0 Å². The molecule has 0 aliphatic heterocycles. The predicted octanol–water partition coefficient (Wildman–Crippen LogP) is 5.06. The van der Waals surface area contributed by atoms with Crippen LogP contribution < -0.4 is 5.32 Å². The van der Waals surface area contributed by atoms with E-state index in [0.717, 1.165) is 19.3 Å². The third-order valence-corrected chi connectivity index (χ3v) is 7.07. The molecule has 2 unspecified atom stereocenters. The van der Waals surface area contributed by atoms with Crippen LogP contribution in [0.5, 0.6) is 0 Å². The summed E-state index contributed by atoms with van der Waals surface area (Å²) in [6, 6.07) is 4.85. The molecule has 0 heterocycles. The molecule has 4 atom stereocenters. The van der Waals surface area contributed by atoms with Crippen molar-refractivity contribution in [2.24, 2.45) is 22.2 Å². The fraction of sp³-hybridized carbons (Fsp3) is 0.619. The van der Waals surface area contributed by atoms with Crippen molar-refractivity contribution in [1.29, 1.82) is 0 Å². The van der Waals surface area contributed by atoms with Crippen LogP contribution in [0.2, 0.25) is 5.02 Å². The van der Waals surface area contributed by atoms with E-state index in [0.29, 0.717) is 22.2 Å². The standard InChI is InChI=1S/C21H26ClNO3/c1-19-7-13-8-20(2,10-19)12-21(9-13,11-19)18(25)23-16-6-14(17(24)26-3)4-5-15(16)22/h4-6,13H,7-12H2,1-3H3,(H,23,25)/t13?,19-,20+,21?. The van der Waals surface area contributed by atoms with E-state index in [4.69, 9.17) is 16.3 Å². The van der Waals surface area contributed by atoms with Crippen molar-refractivity contribution in [2.45, 2.75) is 52.4 Å². The molecule has 4 saturated carbocycles. The van der Waals surface area contributed by atoms with Crippen LogP contribution in [-0.2, 0) is 9.53 Å². The zero-order chi connectivity index (χ0) is 18.7. The average Bonchev–Trinajstić information content (AvgIpc) is 2.52. The number of carbonyl (C=O) groups excluding carboxylic acids is 2. The quantitative estimate of drug-likeness (QED) is 0.751. The van der Waals surface area contributed by atoms with Gasteiger partial charge in [0.05, 0.1) is 28.8 Å². The summed E-state index contributed by atoms with van der Waals surface area (Å²) in [6.07, 6.45) is 6.59. The summed E-state index contributed by atoms with van der Waals surface area (Å²) in [5.41, 5.74) is 1.10. The fourth-order valence-electron chi connectivity index (χ4n) is 6.82. The van der Waals surface area contributed by atoms with Gasteiger partial charge in [-0.3, -0.25) is 4.79 Å². The Kier molecular flexibility index (Phi) is 3.93. The number of rotatable bonds is 3. The molecule has 26 heavy (non-hydrogen) atoms. The van der Waals surface area contributed by atoms with Gasteiger partial charge < -0.3 is 10.1 Å². The Morgan fingerprint density at radius 2 is 1.77 bits per heavy atom. The van der Waals surface area contributed by atoms with Gasteiger partial charge in [0.2, 0.25) is 5.91 Å². The largest absolute Gasteiger partial charge is 0.465 e. The first-order valence-corrected chi connectivity index (χ1v) is 9.73. The Hall–Kier alpha value is -1.55. The lowest BCUT2D eigenvalue weighted by atomic mass is 9.40. The molecule has 0 spiro atoms. The van der Waals surface area contributed by atoms with Crippen molar-refractivity contribution in [1.82, 2.24) is 0 Å². The lowest BCUT2D eigenvalue weighted by Gasteiger charge is -2.64. The number of amides is 1. The Balaban J connectivity index is 1.62. The van der Waals surface area contributed by atoms with Crippen LogP contribution in [0.15, 0.2) is 18.2 Å². The fourth-order valence-corrected chi connectivity index (χ4v) is 6.99. The highest BCUT2D eigenvalue weighted by atomic mass is 35.5. The van der Waals surface area contributed by atoms with Crippen LogP contribution in [0.25, 0.3) is 0 Å². The number of esters is 1. The SMILES string of the molecule is COC(=O)c1ccc(Cl)c(NC(=O)C23CC4C[C@@](C)(C2)C[C@](C)(C4)C3)c1. The van der Waals surface area contributed by atoms with Crippen molar-refractivity contribution in [3.63, 3.8) is 0 Å². The minimum atomic E-state index is -0.438. The number of hydrogen-bond donors (Lipinski definition) is 1. The average molecular weight is 376 g/mol. The van der Waals surface area contributed by atoms with Gasteiger partial charge in [-0.05, 0) is 73.5 Å². The number of nitrogens with one attached hydrogen (secondary N) is 1. The van der Waals surface area contributed by atoms with Crippen LogP contribution in [0.3, 0.4) is 0 Å². The Labute approximate surface area is 159 Å². The van der Waals surface area contributed by atoms with E-state index in [-0.39, 0.29) is 22.2 Å². The van der Waals surface area contributed by atoms with Gasteiger partial charge in [-0.1, -0.05) is 25.4 Å². The van der Waals surface area contributed by atoms with Crippen molar-refractivity contribution in [3.8, 4) is 0 Å². The second-order valence-corrected chi connectivity index (χ2v) is 9.96. The highest BCUT2D eigenvalue weighted by Crippen LogP contribution is 2.69. The summed E-state index contributed by atoms with van der Waals surface area (Å²) in [7, 11) is 1.34. The zero-order valence-corrected chi connectivity index (χ0v) is 16.4. The predicted molar refractivity (Wildman–Crippen MR) is 101 cm³/mol. The van der Waals surface area contributed by atoms with Crippen molar-refractivity contribution in [3.05, 3.63) is 28.8 Å². The summed E-state index contributed by atoms with van der Waals surface area (Å²) in [5, 5.41) is 3.48. The lowest BCUT2D eigenvalue weighted by Crippen LogP contribution is -2.58. The molecular weight excluding hydrogens is 350 g/mol. The van der Waals surface area contributed by atoms with Gasteiger partial charge in [-0.2, -0.15) is 0 Å². The van der Waals surface area contributed by atoms with Crippen LogP contribution in [0, 0.1) is 22.2 Å². The minimum Gasteiger partial charge on any atom is -0.465 e. The first-order chi connectivity index (χ1) is 12.2. The number of hydrogen-bond acceptors (Lipinski definition) is 3. The van der Waals surface area contributed by atoms with Crippen LogP contribution in [-0.4, -0.2) is 19.0 Å². The van der Waals surface area contributed by atoms with Crippen molar-refractivity contribution >= 4 is 29.2 Å². The van der Waals surface area contributed by atoms with Crippen LogP contribution in [0.4, 0.5) is 5.69 Å². The second kappa shape index (κ2) is 5.72. The summed E-state index contributed by atoms with van der Waals surface area (Å²) >= 11 is 6.28. The second-order valence-electron chi connectivity index (χ2n) is 9.55. The monoisotopic (exact) mass is 375 g/mol. The number of ether oxygens (including phenoxy) is 1. The lowest BCUT2D eigenvalue weighted by molar-refractivity contribution is -0.165. The maximum Gasteiger partial charge on any atom is 0.337 e. The van der Waals surface area contributed by atoms with E-state index >= 15 is 0 Å². The summed E-state index contributed by atoms with van der Waals surface area (Å²) in [5.74, 6) is 0.263.